The molecule has 10 aromatic rings. The number of likely N-dealkylation sites (N-methyl/N-ethyl adjacent to an activating group) is 2. The first-order valence-electron chi connectivity index (χ1n) is 29.8. The molecule has 408 valence electrons. The summed E-state index contributed by atoms with van der Waals surface area (Å²) in [4.78, 5) is 4.79. The minimum absolute atomic E-state index is 0.156. The van der Waals surface area contributed by atoms with Gasteiger partial charge in [-0.15, -0.1) is 0 Å². The second kappa shape index (κ2) is 19.4. The van der Waals surface area contributed by atoms with E-state index in [4.69, 9.17) is 0 Å². The van der Waals surface area contributed by atoms with Crippen LogP contribution in [0.15, 0.2) is 242 Å². The van der Waals surface area contributed by atoms with E-state index in [0.29, 0.717) is 0 Å². The number of fused-ring (bicyclic) bond motifs is 12. The molecule has 4 heterocycles. The van der Waals surface area contributed by atoms with Gasteiger partial charge in [0.05, 0.1) is 10.8 Å². The maximum atomic E-state index is 2.47. The zero-order chi connectivity index (χ0) is 57.2. The van der Waals surface area contributed by atoms with Crippen molar-refractivity contribution < 1.29 is 9.15 Å². The Kier molecular flexibility index (Phi) is 12.2. The van der Waals surface area contributed by atoms with Crippen LogP contribution in [0, 0.1) is 0 Å². The second-order valence-corrected chi connectivity index (χ2v) is 25.6. The van der Waals surface area contributed by atoms with E-state index in [2.05, 4.69) is 319 Å². The zero-order valence-electron chi connectivity index (χ0n) is 49.8. The summed E-state index contributed by atoms with van der Waals surface area (Å²) in [5, 5.41) is 10.5. The Hall–Kier alpha value is -8.86. The summed E-state index contributed by atoms with van der Waals surface area (Å²) < 4.78 is 4.88. The number of anilines is 2. The number of hydrogen-bond donors (Lipinski definition) is 0. The van der Waals surface area contributed by atoms with Crippen LogP contribution in [0.2, 0.25) is 0 Å². The average molecular weight is 1080 g/mol. The first kappa shape index (κ1) is 52.2. The molecule has 83 heavy (non-hydrogen) atoms. The minimum atomic E-state index is -0.276. The Bertz CT molecular complexity index is 4250. The van der Waals surface area contributed by atoms with Crippen molar-refractivity contribution in [2.24, 2.45) is 0 Å². The molecule has 0 aromatic heterocycles. The van der Waals surface area contributed by atoms with Crippen molar-refractivity contribution in [1.29, 1.82) is 0 Å². The Balaban J connectivity index is 0.728. The first-order chi connectivity index (χ1) is 40.1. The molecule has 4 heteroatoms. The summed E-state index contributed by atoms with van der Waals surface area (Å²) in [6.07, 6.45) is 16.8. The lowest BCUT2D eigenvalue weighted by Gasteiger charge is -2.25. The van der Waals surface area contributed by atoms with E-state index in [0.717, 1.165) is 19.3 Å². The van der Waals surface area contributed by atoms with E-state index in [-0.39, 0.29) is 21.7 Å². The average Bonchev–Trinajstić information content (AvgIpc) is 3.00. The predicted octanol–water partition coefficient (Wildman–Crippen LogP) is 18.1. The summed E-state index contributed by atoms with van der Waals surface area (Å²) in [5.74, 6) is 0. The van der Waals surface area contributed by atoms with Gasteiger partial charge in [0.15, 0.2) is 11.4 Å². The number of hydrogen-bond acceptors (Lipinski definition) is 2. The van der Waals surface area contributed by atoms with Gasteiger partial charge in [0.2, 0.25) is 11.4 Å². The van der Waals surface area contributed by atoms with Crippen molar-refractivity contribution in [1.82, 2.24) is 0 Å². The van der Waals surface area contributed by atoms with Crippen molar-refractivity contribution in [2.75, 3.05) is 38.0 Å². The quantitative estimate of drug-likeness (QED) is 0.127. The van der Waals surface area contributed by atoms with E-state index in [9.17, 15) is 0 Å². The fraction of sp³-hybridized carbons (Fsp3) is 0.215. The maximum absolute atomic E-state index is 2.47. The molecular formula is C79H74N4+2. The smallest absolute Gasteiger partial charge is 0.210 e. The van der Waals surface area contributed by atoms with Gasteiger partial charge in [-0.1, -0.05) is 198 Å². The fourth-order valence-electron chi connectivity index (χ4n) is 15.9. The molecule has 0 fully saturated rings. The Morgan fingerprint density at radius 1 is 0.361 bits per heavy atom. The SMILES string of the molecule is CN1/C(=C/C=C/C2=[N+](C)c3ccc4ccccc4c3C2(C)Cc2ccc(Cc3ccc(CC4(C)C(/C=C/C=C5/N(C)c6ccc7ccccc7c6C5(C)C)=[N+](C)c5ccc6ccccc6c54)cc3)cc2)C(C)(C)c2c1ccc1ccccc21. The molecule has 14 rings (SSSR count). The lowest BCUT2D eigenvalue weighted by Crippen LogP contribution is -2.33. The number of benzene rings is 10. The van der Waals surface area contributed by atoms with Gasteiger partial charge in [0, 0.05) is 83.1 Å². The first-order valence-corrected chi connectivity index (χ1v) is 29.8. The summed E-state index contributed by atoms with van der Waals surface area (Å²) in [6.45, 7) is 14.4. The van der Waals surface area contributed by atoms with Gasteiger partial charge in [-0.05, 0) is 146 Å². The minimum Gasteiger partial charge on any atom is -0.347 e. The van der Waals surface area contributed by atoms with Crippen molar-refractivity contribution in [3.8, 4) is 0 Å². The van der Waals surface area contributed by atoms with Crippen molar-refractivity contribution in [2.45, 2.75) is 82.5 Å². The summed E-state index contributed by atoms with van der Waals surface area (Å²) in [6, 6.07) is 72.8. The highest BCUT2D eigenvalue weighted by Gasteiger charge is 2.50. The third-order valence-electron chi connectivity index (χ3n) is 19.9. The van der Waals surface area contributed by atoms with Crippen LogP contribution in [0.1, 0.15) is 86.1 Å². The topological polar surface area (TPSA) is 12.5 Å². The molecule has 2 unspecified atom stereocenters. The molecule has 0 N–H and O–H groups in total. The van der Waals surface area contributed by atoms with Gasteiger partial charge in [-0.25, -0.2) is 0 Å². The molecule has 0 saturated carbocycles. The van der Waals surface area contributed by atoms with Gasteiger partial charge < -0.3 is 9.80 Å². The third-order valence-corrected chi connectivity index (χ3v) is 19.9. The number of allylic oxidation sites excluding steroid dienone is 8. The van der Waals surface area contributed by atoms with Gasteiger partial charge in [-0.2, -0.15) is 9.15 Å². The van der Waals surface area contributed by atoms with Crippen LogP contribution in [-0.2, 0) is 40.9 Å². The lowest BCUT2D eigenvalue weighted by atomic mass is 9.72. The molecule has 0 bridgehead atoms. The fourth-order valence-corrected chi connectivity index (χ4v) is 15.9. The molecule has 0 aliphatic carbocycles. The van der Waals surface area contributed by atoms with Crippen LogP contribution < -0.4 is 9.80 Å². The highest BCUT2D eigenvalue weighted by molar-refractivity contribution is 6.09. The predicted molar refractivity (Wildman–Crippen MR) is 353 cm³/mol. The Morgan fingerprint density at radius 3 is 1.04 bits per heavy atom. The van der Waals surface area contributed by atoms with E-state index >= 15 is 0 Å². The standard InChI is InChI=1S/C79H74N4/c1-76(2)68(80(7)64-45-41-56-21-11-15-25-60(56)72(64)76)29-19-31-70-78(5,74-62-27-17-13-23-58(62)43-47-66(74)82(70)9)50-54-37-33-52(34-38-54)49-53-35-39-55(40-36-53)51-79(6)71(83(10)67-48-44-59-24-14-18-28-63(59)75(67)79)32-20-30-69-77(3,4)73-61-26-16-12-22-57(61)42-46-65(73)81(69)8/h11-48H,49-51H2,1-10H3/q+2. The Labute approximate surface area is 490 Å². The highest BCUT2D eigenvalue weighted by atomic mass is 15.2. The van der Waals surface area contributed by atoms with Crippen molar-refractivity contribution >= 4 is 77.3 Å². The molecule has 0 spiro atoms. The molecule has 0 amide bonds. The largest absolute Gasteiger partial charge is 0.347 e. The van der Waals surface area contributed by atoms with Crippen LogP contribution in [0.4, 0.5) is 22.7 Å². The van der Waals surface area contributed by atoms with Crippen LogP contribution in [0.5, 0.6) is 0 Å². The highest BCUT2D eigenvalue weighted by Crippen LogP contribution is 2.53. The number of rotatable bonds is 10. The zero-order valence-corrected chi connectivity index (χ0v) is 49.8. The van der Waals surface area contributed by atoms with E-state index in [1.54, 1.807) is 0 Å². The van der Waals surface area contributed by atoms with Crippen molar-refractivity contribution in [3.05, 3.63) is 286 Å². The monoisotopic (exact) mass is 1080 g/mol. The molecule has 2 atom stereocenters. The summed E-state index contributed by atoms with van der Waals surface area (Å²) >= 11 is 0. The van der Waals surface area contributed by atoms with Crippen LogP contribution in [-0.4, -0.2) is 48.8 Å². The molecule has 4 aliphatic heterocycles. The van der Waals surface area contributed by atoms with Crippen LogP contribution >= 0.6 is 0 Å². The normalized spacial score (nSPS) is 20.7. The lowest BCUT2D eigenvalue weighted by molar-refractivity contribution is -0.401. The van der Waals surface area contributed by atoms with Crippen LogP contribution in [0.3, 0.4) is 0 Å². The van der Waals surface area contributed by atoms with E-state index in [1.807, 2.05) is 0 Å². The third kappa shape index (κ3) is 8.15. The molecule has 4 nitrogen and oxygen atoms in total. The molecule has 0 saturated heterocycles. The second-order valence-electron chi connectivity index (χ2n) is 25.6. The molecule has 10 aromatic carbocycles. The van der Waals surface area contributed by atoms with E-state index in [1.165, 1.54) is 133 Å². The summed E-state index contributed by atoms with van der Waals surface area (Å²) in [5.41, 5.74) is 20.4. The van der Waals surface area contributed by atoms with Gasteiger partial charge >= 0.3 is 0 Å². The Morgan fingerprint density at radius 2 is 0.675 bits per heavy atom. The molecule has 0 radical (unpaired) electrons. The van der Waals surface area contributed by atoms with Crippen molar-refractivity contribution in [3.63, 3.8) is 0 Å². The van der Waals surface area contributed by atoms with Gasteiger partial charge in [-0.3, -0.25) is 0 Å². The number of nitrogens with zero attached hydrogens (tertiary/aromatic N) is 4. The molecular weight excluding hydrogens is 1000 g/mol. The van der Waals surface area contributed by atoms with Crippen LogP contribution in [0.25, 0.3) is 43.1 Å². The summed E-state index contributed by atoms with van der Waals surface area (Å²) in [7, 11) is 8.96. The van der Waals surface area contributed by atoms with E-state index < -0.39 is 0 Å². The van der Waals surface area contributed by atoms with Gasteiger partial charge in [0.25, 0.3) is 0 Å². The maximum Gasteiger partial charge on any atom is 0.210 e. The molecule has 4 aliphatic rings. The van der Waals surface area contributed by atoms with Gasteiger partial charge in [0.1, 0.15) is 14.1 Å².